The molecule has 1 saturated heterocycles. The van der Waals surface area contributed by atoms with E-state index in [-0.39, 0.29) is 5.60 Å². The van der Waals surface area contributed by atoms with Gasteiger partial charge in [0.25, 0.3) is 0 Å². The third-order valence-electron chi connectivity index (χ3n) is 3.48. The maximum Gasteiger partial charge on any atom is 0.0641 e. The van der Waals surface area contributed by atoms with Crippen molar-refractivity contribution in [1.82, 2.24) is 5.32 Å². The molecular weight excluding hydrogens is 230 g/mol. The average Bonchev–Trinajstić information content (AvgIpc) is 2.54. The summed E-state index contributed by atoms with van der Waals surface area (Å²) >= 11 is 1.91. The van der Waals surface area contributed by atoms with Crippen molar-refractivity contribution in [2.24, 2.45) is 0 Å². The van der Waals surface area contributed by atoms with Gasteiger partial charge in [0.15, 0.2) is 0 Å². The second-order valence-electron chi connectivity index (χ2n) is 5.63. The summed E-state index contributed by atoms with van der Waals surface area (Å²) in [6, 6.07) is 2.90. The van der Waals surface area contributed by atoms with Gasteiger partial charge in [-0.15, -0.1) is 11.3 Å². The van der Waals surface area contributed by atoms with Gasteiger partial charge in [-0.1, -0.05) is 0 Å². The molecule has 2 heterocycles. The summed E-state index contributed by atoms with van der Waals surface area (Å²) in [6.07, 6.45) is 2.24. The summed E-state index contributed by atoms with van der Waals surface area (Å²) in [5, 5.41) is 3.66. The van der Waals surface area contributed by atoms with E-state index in [0.29, 0.717) is 6.04 Å². The number of hydrogen-bond acceptors (Lipinski definition) is 3. The van der Waals surface area contributed by atoms with Crippen molar-refractivity contribution in [3.05, 3.63) is 21.4 Å². The molecule has 0 spiro atoms. The molecule has 1 aliphatic rings. The molecule has 0 aromatic carbocycles. The van der Waals surface area contributed by atoms with Crippen LogP contribution in [0.15, 0.2) is 6.07 Å². The monoisotopic (exact) mass is 253 g/mol. The Hall–Kier alpha value is -0.380. The standard InChI is InChI=1S/C14H23NOS/c1-10-7-13(17-11(10)2)9-15-12-5-6-16-14(3,4)8-12/h7,12,15H,5-6,8-9H2,1-4H3. The van der Waals surface area contributed by atoms with E-state index in [1.54, 1.807) is 0 Å². The molecule has 2 rings (SSSR count). The van der Waals surface area contributed by atoms with Crippen LogP contribution < -0.4 is 5.32 Å². The molecular formula is C14H23NOS. The molecule has 1 aromatic rings. The first-order valence-corrected chi connectivity index (χ1v) is 7.21. The Morgan fingerprint density at radius 2 is 2.24 bits per heavy atom. The lowest BCUT2D eigenvalue weighted by Gasteiger charge is -2.35. The SMILES string of the molecule is Cc1cc(CNC2CCOC(C)(C)C2)sc1C. The van der Waals surface area contributed by atoms with Gasteiger partial charge in [0.2, 0.25) is 0 Å². The zero-order valence-corrected chi connectivity index (χ0v) is 12.1. The van der Waals surface area contributed by atoms with E-state index in [1.807, 2.05) is 11.3 Å². The Labute approximate surface area is 108 Å². The molecule has 17 heavy (non-hydrogen) atoms. The Bertz CT molecular complexity index is 364. The Morgan fingerprint density at radius 3 is 2.82 bits per heavy atom. The van der Waals surface area contributed by atoms with Crippen molar-refractivity contribution in [2.45, 2.75) is 58.7 Å². The van der Waals surface area contributed by atoms with Crippen molar-refractivity contribution in [3.8, 4) is 0 Å². The normalized spacial score (nSPS) is 23.9. The lowest BCUT2D eigenvalue weighted by atomic mass is 9.94. The quantitative estimate of drug-likeness (QED) is 0.891. The van der Waals surface area contributed by atoms with Crippen LogP contribution in [0.1, 0.15) is 42.0 Å². The molecule has 0 radical (unpaired) electrons. The molecule has 1 aliphatic heterocycles. The minimum absolute atomic E-state index is 0.0389. The number of thiophene rings is 1. The van der Waals surface area contributed by atoms with Crippen LogP contribution >= 0.6 is 11.3 Å². The van der Waals surface area contributed by atoms with Crippen molar-refractivity contribution >= 4 is 11.3 Å². The molecule has 3 heteroatoms. The van der Waals surface area contributed by atoms with Gasteiger partial charge in [-0.05, 0) is 52.2 Å². The fourth-order valence-electron chi connectivity index (χ4n) is 2.39. The van der Waals surface area contributed by atoms with Crippen molar-refractivity contribution < 1.29 is 4.74 Å². The van der Waals surface area contributed by atoms with Crippen molar-refractivity contribution in [2.75, 3.05) is 6.61 Å². The van der Waals surface area contributed by atoms with Gasteiger partial charge in [-0.25, -0.2) is 0 Å². The van der Waals surface area contributed by atoms with Gasteiger partial charge in [0, 0.05) is 28.9 Å². The summed E-state index contributed by atoms with van der Waals surface area (Å²) < 4.78 is 5.73. The van der Waals surface area contributed by atoms with E-state index in [4.69, 9.17) is 4.74 Å². The predicted octanol–water partition coefficient (Wildman–Crippen LogP) is 3.41. The fraction of sp³-hybridized carbons (Fsp3) is 0.714. The zero-order valence-electron chi connectivity index (χ0n) is 11.3. The van der Waals surface area contributed by atoms with E-state index in [2.05, 4.69) is 39.1 Å². The molecule has 0 amide bonds. The van der Waals surface area contributed by atoms with Crippen molar-refractivity contribution in [3.63, 3.8) is 0 Å². The average molecular weight is 253 g/mol. The van der Waals surface area contributed by atoms with Gasteiger partial charge in [-0.3, -0.25) is 0 Å². The molecule has 1 unspecified atom stereocenters. The lowest BCUT2D eigenvalue weighted by molar-refractivity contribution is -0.0630. The number of ether oxygens (including phenoxy) is 1. The smallest absolute Gasteiger partial charge is 0.0641 e. The van der Waals surface area contributed by atoms with Crippen molar-refractivity contribution in [1.29, 1.82) is 0 Å². The number of rotatable bonds is 3. The molecule has 1 aromatic heterocycles. The van der Waals surface area contributed by atoms with E-state index in [1.165, 1.54) is 15.3 Å². The van der Waals surface area contributed by atoms with Crippen LogP contribution in [0.3, 0.4) is 0 Å². The van der Waals surface area contributed by atoms with Crippen LogP contribution in [0.2, 0.25) is 0 Å². The molecule has 2 nitrogen and oxygen atoms in total. The van der Waals surface area contributed by atoms with Crippen LogP contribution in [-0.4, -0.2) is 18.2 Å². The van der Waals surface area contributed by atoms with Gasteiger partial charge in [-0.2, -0.15) is 0 Å². The number of aryl methyl sites for hydroxylation is 2. The first-order chi connectivity index (χ1) is 7.96. The van der Waals surface area contributed by atoms with E-state index >= 15 is 0 Å². The molecule has 0 bridgehead atoms. The van der Waals surface area contributed by atoms with Gasteiger partial charge in [0.05, 0.1) is 5.60 Å². The zero-order chi connectivity index (χ0) is 12.5. The predicted molar refractivity (Wildman–Crippen MR) is 73.7 cm³/mol. The van der Waals surface area contributed by atoms with Gasteiger partial charge in [0.1, 0.15) is 0 Å². The molecule has 1 atom stereocenters. The van der Waals surface area contributed by atoms with E-state index < -0.39 is 0 Å². The first kappa shape index (κ1) is 13.1. The van der Waals surface area contributed by atoms with Crippen LogP contribution in [0.4, 0.5) is 0 Å². The summed E-state index contributed by atoms with van der Waals surface area (Å²) in [7, 11) is 0. The summed E-state index contributed by atoms with van der Waals surface area (Å²) in [5.41, 5.74) is 1.45. The maximum atomic E-state index is 5.73. The van der Waals surface area contributed by atoms with Crippen LogP contribution in [0, 0.1) is 13.8 Å². The second-order valence-corrected chi connectivity index (χ2v) is 6.97. The number of hydrogen-bond donors (Lipinski definition) is 1. The fourth-order valence-corrected chi connectivity index (χ4v) is 3.39. The summed E-state index contributed by atoms with van der Waals surface area (Å²) in [6.45, 7) is 10.6. The lowest BCUT2D eigenvalue weighted by Crippen LogP contribution is -2.43. The third kappa shape index (κ3) is 3.54. The Kier molecular flexibility index (Phi) is 3.91. The number of nitrogens with one attached hydrogen (secondary N) is 1. The van der Waals surface area contributed by atoms with Crippen LogP contribution in [0.25, 0.3) is 0 Å². The topological polar surface area (TPSA) is 21.3 Å². The molecule has 1 N–H and O–H groups in total. The summed E-state index contributed by atoms with van der Waals surface area (Å²) in [4.78, 5) is 2.89. The minimum Gasteiger partial charge on any atom is -0.375 e. The Balaban J connectivity index is 1.86. The highest BCUT2D eigenvalue weighted by Crippen LogP contribution is 2.25. The van der Waals surface area contributed by atoms with Gasteiger partial charge < -0.3 is 10.1 Å². The van der Waals surface area contributed by atoms with E-state index in [9.17, 15) is 0 Å². The van der Waals surface area contributed by atoms with Crippen LogP contribution in [0.5, 0.6) is 0 Å². The first-order valence-electron chi connectivity index (χ1n) is 6.39. The van der Waals surface area contributed by atoms with Crippen LogP contribution in [-0.2, 0) is 11.3 Å². The third-order valence-corrected chi connectivity index (χ3v) is 4.63. The second kappa shape index (κ2) is 5.09. The molecule has 96 valence electrons. The molecule has 1 fully saturated rings. The highest BCUT2D eigenvalue weighted by atomic mass is 32.1. The summed E-state index contributed by atoms with van der Waals surface area (Å²) in [5.74, 6) is 0. The highest BCUT2D eigenvalue weighted by molar-refractivity contribution is 7.12. The molecule has 0 aliphatic carbocycles. The van der Waals surface area contributed by atoms with Gasteiger partial charge >= 0.3 is 0 Å². The molecule has 0 saturated carbocycles. The Morgan fingerprint density at radius 1 is 1.47 bits per heavy atom. The highest BCUT2D eigenvalue weighted by Gasteiger charge is 2.28. The van der Waals surface area contributed by atoms with E-state index in [0.717, 1.165) is 26.0 Å². The maximum absolute atomic E-state index is 5.73. The minimum atomic E-state index is 0.0389. The largest absolute Gasteiger partial charge is 0.375 e.